The number of thioether (sulfide) groups is 1. The molecule has 2 fully saturated rings. The number of imidazole rings is 1. The van der Waals surface area contributed by atoms with E-state index in [0.717, 1.165) is 27.4 Å². The lowest BCUT2D eigenvalue weighted by Gasteiger charge is -2.26. The number of sulfonamides is 1. The van der Waals surface area contributed by atoms with Crippen molar-refractivity contribution in [3.05, 3.63) is 24.0 Å². The molecule has 3 aromatic rings. The lowest BCUT2D eigenvalue weighted by Crippen LogP contribution is -2.40. The number of hydrogen-bond donors (Lipinski definition) is 1. The van der Waals surface area contributed by atoms with Crippen molar-refractivity contribution in [3.63, 3.8) is 0 Å². The van der Waals surface area contributed by atoms with Crippen LogP contribution in [0.5, 0.6) is 0 Å². The van der Waals surface area contributed by atoms with Crippen molar-refractivity contribution < 1.29 is 13.2 Å². The largest absolute Gasteiger partial charge is 0.379 e. The van der Waals surface area contributed by atoms with Crippen LogP contribution in [0.1, 0.15) is 25.6 Å². The summed E-state index contributed by atoms with van der Waals surface area (Å²) in [5.41, 5.74) is 1.63. The van der Waals surface area contributed by atoms with Gasteiger partial charge in [0, 0.05) is 25.7 Å². The lowest BCUT2D eigenvalue weighted by atomic mass is 10.3. The maximum absolute atomic E-state index is 13.0. The van der Waals surface area contributed by atoms with Crippen LogP contribution >= 0.6 is 23.1 Å². The molecule has 12 heteroatoms. The number of fused-ring (bicyclic) bond motifs is 1. The Bertz CT molecular complexity index is 1180. The van der Waals surface area contributed by atoms with Gasteiger partial charge in [-0.1, -0.05) is 23.1 Å². The number of aromatic nitrogens is 4. The van der Waals surface area contributed by atoms with Crippen LogP contribution in [0.2, 0.25) is 0 Å². The first kappa shape index (κ1) is 21.1. The monoisotopic (exact) mass is 480 g/mol. The van der Waals surface area contributed by atoms with Crippen LogP contribution in [0, 0.1) is 0 Å². The van der Waals surface area contributed by atoms with Gasteiger partial charge >= 0.3 is 0 Å². The predicted molar refractivity (Wildman–Crippen MR) is 121 cm³/mol. The second kappa shape index (κ2) is 8.66. The fraction of sp³-hybridized carbons (Fsp3) is 0.526. The molecule has 0 bridgehead atoms. The molecular formula is C19H24N6O3S3. The summed E-state index contributed by atoms with van der Waals surface area (Å²) in [4.78, 5) is 5.04. The zero-order valence-corrected chi connectivity index (χ0v) is 19.6. The number of hydrogen-bond acceptors (Lipinski definition) is 9. The lowest BCUT2D eigenvalue weighted by molar-refractivity contribution is 0.0730. The molecule has 1 N–H and O–H groups in total. The number of rotatable bonds is 8. The van der Waals surface area contributed by atoms with Crippen LogP contribution in [0.25, 0.3) is 11.0 Å². The fourth-order valence-electron chi connectivity index (χ4n) is 3.57. The standard InChI is InChI=1S/C19H24N6O3S3/c1-2-25-16-6-5-14(31(26,27)24-7-9-28-10-8-24)11-15(16)21-17(25)12-29-19-23-22-18(30-19)20-13-3-4-13/h5-6,11,13H,2-4,7-10,12H2,1H3,(H,20,22). The molecule has 1 saturated carbocycles. The number of nitrogens with zero attached hydrogens (tertiary/aromatic N) is 5. The molecule has 1 aliphatic heterocycles. The van der Waals surface area contributed by atoms with Crippen LogP contribution in [0.15, 0.2) is 27.4 Å². The molecule has 9 nitrogen and oxygen atoms in total. The maximum Gasteiger partial charge on any atom is 0.243 e. The van der Waals surface area contributed by atoms with Crippen LogP contribution in [0.3, 0.4) is 0 Å². The van der Waals surface area contributed by atoms with Crippen molar-refractivity contribution in [2.24, 2.45) is 0 Å². The van der Waals surface area contributed by atoms with E-state index in [2.05, 4.69) is 27.0 Å². The average molecular weight is 481 g/mol. The van der Waals surface area contributed by atoms with Gasteiger partial charge in [-0.25, -0.2) is 13.4 Å². The molecule has 0 radical (unpaired) electrons. The van der Waals surface area contributed by atoms with E-state index in [0.29, 0.717) is 43.6 Å². The third kappa shape index (κ3) is 4.44. The minimum atomic E-state index is -3.55. The Balaban J connectivity index is 1.36. The highest BCUT2D eigenvalue weighted by Crippen LogP contribution is 2.32. The minimum absolute atomic E-state index is 0.279. The molecule has 0 unspecified atom stereocenters. The highest BCUT2D eigenvalue weighted by Gasteiger charge is 2.27. The summed E-state index contributed by atoms with van der Waals surface area (Å²) >= 11 is 3.16. The molecule has 31 heavy (non-hydrogen) atoms. The van der Waals surface area contributed by atoms with E-state index in [1.54, 1.807) is 35.2 Å². The number of aryl methyl sites for hydroxylation is 1. The third-order valence-electron chi connectivity index (χ3n) is 5.36. The van der Waals surface area contributed by atoms with Gasteiger partial charge in [-0.05, 0) is 38.0 Å². The number of morpholine rings is 1. The van der Waals surface area contributed by atoms with Crippen LogP contribution in [-0.2, 0) is 27.1 Å². The smallest absolute Gasteiger partial charge is 0.243 e. The second-order valence-corrected chi connectivity index (χ2v) is 11.7. The van der Waals surface area contributed by atoms with Gasteiger partial charge in [-0.3, -0.25) is 0 Å². The summed E-state index contributed by atoms with van der Waals surface area (Å²) in [6.45, 7) is 4.44. The molecular weight excluding hydrogens is 456 g/mol. The van der Waals surface area contributed by atoms with Crippen molar-refractivity contribution in [2.75, 3.05) is 31.6 Å². The summed E-state index contributed by atoms with van der Waals surface area (Å²) in [6, 6.07) is 5.77. The number of benzene rings is 1. The molecule has 5 rings (SSSR count). The first-order valence-corrected chi connectivity index (χ1v) is 13.6. The first-order valence-electron chi connectivity index (χ1n) is 10.3. The summed E-state index contributed by atoms with van der Waals surface area (Å²) in [5.74, 6) is 1.54. The van der Waals surface area contributed by atoms with Crippen LogP contribution < -0.4 is 5.32 Å². The molecule has 166 valence electrons. The van der Waals surface area contributed by atoms with E-state index >= 15 is 0 Å². The Hall–Kier alpha value is -1.73. The Kier molecular flexibility index (Phi) is 5.90. The molecule has 0 amide bonds. The third-order valence-corrected chi connectivity index (χ3v) is 9.24. The number of ether oxygens (including phenoxy) is 1. The van der Waals surface area contributed by atoms with Gasteiger partial charge in [-0.15, -0.1) is 10.2 Å². The van der Waals surface area contributed by atoms with Crippen molar-refractivity contribution in [1.29, 1.82) is 0 Å². The molecule has 1 aromatic carbocycles. The van der Waals surface area contributed by atoms with Gasteiger partial charge in [0.2, 0.25) is 15.2 Å². The SMILES string of the molecule is CCn1c(CSc2nnc(NC3CC3)s2)nc2cc(S(=O)(=O)N3CCOCC3)ccc21. The van der Waals surface area contributed by atoms with Gasteiger partial charge in [0.15, 0.2) is 4.34 Å². The minimum Gasteiger partial charge on any atom is -0.379 e. The van der Waals surface area contributed by atoms with Crippen LogP contribution in [-0.4, -0.2) is 64.8 Å². The summed E-state index contributed by atoms with van der Waals surface area (Å²) in [6.07, 6.45) is 2.40. The van der Waals surface area contributed by atoms with Crippen molar-refractivity contribution in [3.8, 4) is 0 Å². The Morgan fingerprint density at radius 3 is 2.81 bits per heavy atom. The Labute approximate surface area is 189 Å². The zero-order chi connectivity index (χ0) is 21.4. The highest BCUT2D eigenvalue weighted by molar-refractivity contribution is 8.00. The normalized spacial score (nSPS) is 18.0. The van der Waals surface area contributed by atoms with Gasteiger partial charge in [0.1, 0.15) is 5.82 Å². The van der Waals surface area contributed by atoms with Gasteiger partial charge in [-0.2, -0.15) is 4.31 Å². The average Bonchev–Trinajstić information content (AvgIpc) is 3.36. The van der Waals surface area contributed by atoms with E-state index in [9.17, 15) is 8.42 Å². The zero-order valence-electron chi connectivity index (χ0n) is 17.2. The van der Waals surface area contributed by atoms with Crippen molar-refractivity contribution in [1.82, 2.24) is 24.1 Å². The highest BCUT2D eigenvalue weighted by atomic mass is 32.2. The Morgan fingerprint density at radius 1 is 1.26 bits per heavy atom. The van der Waals surface area contributed by atoms with E-state index < -0.39 is 10.0 Å². The Morgan fingerprint density at radius 2 is 2.06 bits per heavy atom. The van der Waals surface area contributed by atoms with E-state index in [1.807, 2.05) is 6.07 Å². The molecule has 2 aromatic heterocycles. The van der Waals surface area contributed by atoms with E-state index in [-0.39, 0.29) is 4.90 Å². The number of anilines is 1. The summed E-state index contributed by atoms with van der Waals surface area (Å²) in [7, 11) is -3.55. The fourth-order valence-corrected chi connectivity index (χ4v) is 6.78. The molecule has 1 aliphatic carbocycles. The van der Waals surface area contributed by atoms with E-state index in [1.165, 1.54) is 17.1 Å². The van der Waals surface area contributed by atoms with Crippen molar-refractivity contribution >= 4 is 49.3 Å². The molecule has 0 spiro atoms. The summed E-state index contributed by atoms with van der Waals surface area (Å²) in [5, 5.41) is 12.7. The van der Waals surface area contributed by atoms with E-state index in [4.69, 9.17) is 9.72 Å². The molecule has 2 aliphatic rings. The predicted octanol–water partition coefficient (Wildman–Crippen LogP) is 2.80. The second-order valence-electron chi connectivity index (χ2n) is 7.52. The first-order chi connectivity index (χ1) is 15.0. The number of nitrogens with one attached hydrogen (secondary N) is 1. The maximum atomic E-state index is 13.0. The molecule has 3 heterocycles. The molecule has 0 atom stereocenters. The molecule has 1 saturated heterocycles. The quantitative estimate of drug-likeness (QED) is 0.491. The van der Waals surface area contributed by atoms with Crippen molar-refractivity contribution in [2.45, 2.75) is 47.3 Å². The summed E-state index contributed by atoms with van der Waals surface area (Å²) < 4.78 is 35.8. The van der Waals surface area contributed by atoms with Gasteiger partial charge in [0.05, 0.1) is 34.9 Å². The van der Waals surface area contributed by atoms with Gasteiger partial charge in [0.25, 0.3) is 0 Å². The van der Waals surface area contributed by atoms with Crippen LogP contribution in [0.4, 0.5) is 5.13 Å². The van der Waals surface area contributed by atoms with Gasteiger partial charge < -0.3 is 14.6 Å². The topological polar surface area (TPSA) is 102 Å².